The fourth-order valence-electron chi connectivity index (χ4n) is 1.60. The predicted octanol–water partition coefficient (Wildman–Crippen LogP) is 0.712. The molecule has 1 aromatic rings. The molecule has 0 fully saturated rings. The molecule has 17 heavy (non-hydrogen) atoms. The van der Waals surface area contributed by atoms with Gasteiger partial charge < -0.3 is 10.4 Å². The van der Waals surface area contributed by atoms with Crippen LogP contribution >= 0.6 is 0 Å². The van der Waals surface area contributed by atoms with Gasteiger partial charge in [-0.3, -0.25) is 9.48 Å². The van der Waals surface area contributed by atoms with Gasteiger partial charge in [0.2, 0.25) is 0 Å². The number of carbonyl (C=O) groups is 2. The van der Waals surface area contributed by atoms with E-state index in [9.17, 15) is 9.59 Å². The minimum atomic E-state index is -1.01. The van der Waals surface area contributed by atoms with Crippen LogP contribution in [0.5, 0.6) is 0 Å². The van der Waals surface area contributed by atoms with E-state index in [2.05, 4.69) is 10.4 Å². The van der Waals surface area contributed by atoms with E-state index in [1.807, 2.05) is 6.92 Å². The molecule has 0 unspecified atom stereocenters. The summed E-state index contributed by atoms with van der Waals surface area (Å²) in [5.74, 6) is -1.42. The second-order valence-electron chi connectivity index (χ2n) is 3.95. The summed E-state index contributed by atoms with van der Waals surface area (Å²) in [4.78, 5) is 22.7. The molecule has 2 N–H and O–H groups in total. The van der Waals surface area contributed by atoms with Gasteiger partial charge in [0.05, 0.1) is 5.69 Å². The fourth-order valence-corrected chi connectivity index (χ4v) is 1.60. The summed E-state index contributed by atoms with van der Waals surface area (Å²) >= 11 is 0. The number of rotatable bonds is 5. The van der Waals surface area contributed by atoms with Crippen LogP contribution < -0.4 is 5.32 Å². The first-order valence-electron chi connectivity index (χ1n) is 5.50. The molecule has 94 valence electrons. The number of aryl methyl sites for hydroxylation is 2. The molecule has 1 amide bonds. The monoisotopic (exact) mass is 239 g/mol. The lowest BCUT2D eigenvalue weighted by Gasteiger charge is -2.13. The maximum absolute atomic E-state index is 11.8. The van der Waals surface area contributed by atoms with Crippen LogP contribution in [-0.4, -0.2) is 32.8 Å². The molecular formula is C11H17N3O3. The zero-order valence-electron chi connectivity index (χ0n) is 10.2. The highest BCUT2D eigenvalue weighted by molar-refractivity contribution is 5.95. The van der Waals surface area contributed by atoms with E-state index in [4.69, 9.17) is 5.11 Å². The maximum atomic E-state index is 11.8. The van der Waals surface area contributed by atoms with Gasteiger partial charge in [0.25, 0.3) is 5.91 Å². The maximum Gasteiger partial charge on any atom is 0.326 e. The molecule has 0 aliphatic carbocycles. The third-order valence-corrected chi connectivity index (χ3v) is 2.42. The summed E-state index contributed by atoms with van der Waals surface area (Å²) < 4.78 is 1.44. The summed E-state index contributed by atoms with van der Waals surface area (Å²) in [7, 11) is 1.65. The van der Waals surface area contributed by atoms with Crippen molar-refractivity contribution in [3.05, 3.63) is 17.5 Å². The number of aliphatic carboxylic acids is 1. The number of amides is 1. The minimum Gasteiger partial charge on any atom is -0.480 e. The zero-order chi connectivity index (χ0) is 13.0. The van der Waals surface area contributed by atoms with E-state index in [-0.39, 0.29) is 0 Å². The first-order chi connectivity index (χ1) is 7.95. The third-order valence-electron chi connectivity index (χ3n) is 2.42. The van der Waals surface area contributed by atoms with Crippen molar-refractivity contribution in [1.29, 1.82) is 0 Å². The molecule has 6 heteroatoms. The summed E-state index contributed by atoms with van der Waals surface area (Å²) in [5.41, 5.74) is 1.09. The van der Waals surface area contributed by atoms with Crippen LogP contribution in [0.15, 0.2) is 6.07 Å². The Morgan fingerprint density at radius 1 is 1.59 bits per heavy atom. The topological polar surface area (TPSA) is 84.2 Å². The molecule has 1 rings (SSSR count). The van der Waals surface area contributed by atoms with E-state index in [1.165, 1.54) is 4.68 Å². The molecule has 0 aliphatic rings. The van der Waals surface area contributed by atoms with Crippen LogP contribution in [0.2, 0.25) is 0 Å². The number of carbonyl (C=O) groups excluding carboxylic acids is 1. The Morgan fingerprint density at radius 3 is 2.65 bits per heavy atom. The van der Waals surface area contributed by atoms with Crippen molar-refractivity contribution in [2.75, 3.05) is 0 Å². The lowest BCUT2D eigenvalue weighted by molar-refractivity contribution is -0.139. The van der Waals surface area contributed by atoms with Gasteiger partial charge in [0.1, 0.15) is 11.7 Å². The third kappa shape index (κ3) is 3.30. The van der Waals surface area contributed by atoms with Crippen molar-refractivity contribution >= 4 is 11.9 Å². The van der Waals surface area contributed by atoms with Gasteiger partial charge in [-0.25, -0.2) is 4.79 Å². The Morgan fingerprint density at radius 2 is 2.24 bits per heavy atom. The van der Waals surface area contributed by atoms with Gasteiger partial charge in [-0.1, -0.05) is 13.3 Å². The van der Waals surface area contributed by atoms with Crippen molar-refractivity contribution in [3.63, 3.8) is 0 Å². The van der Waals surface area contributed by atoms with Gasteiger partial charge in [0.15, 0.2) is 0 Å². The number of aromatic nitrogens is 2. The van der Waals surface area contributed by atoms with Crippen LogP contribution in [0.25, 0.3) is 0 Å². The first-order valence-corrected chi connectivity index (χ1v) is 5.50. The molecular weight excluding hydrogens is 222 g/mol. The Labute approximate surface area is 99.6 Å². The van der Waals surface area contributed by atoms with Crippen molar-refractivity contribution < 1.29 is 14.7 Å². The SMILES string of the molecule is CCC[C@@H](NC(=O)c1cc(C)nn1C)C(=O)O. The average molecular weight is 239 g/mol. The standard InChI is InChI=1S/C11H17N3O3/c1-4-5-8(11(16)17)12-10(15)9-6-7(2)13-14(9)3/h6,8H,4-5H2,1-3H3,(H,12,15)(H,16,17)/t8-/m1/s1. The summed E-state index contributed by atoms with van der Waals surface area (Å²) in [6.07, 6.45) is 1.11. The smallest absolute Gasteiger partial charge is 0.326 e. The zero-order valence-corrected chi connectivity index (χ0v) is 10.2. The second-order valence-corrected chi connectivity index (χ2v) is 3.95. The van der Waals surface area contributed by atoms with E-state index >= 15 is 0 Å². The molecule has 0 radical (unpaired) electrons. The van der Waals surface area contributed by atoms with Gasteiger partial charge >= 0.3 is 5.97 Å². The van der Waals surface area contributed by atoms with E-state index < -0.39 is 17.9 Å². The molecule has 6 nitrogen and oxygen atoms in total. The van der Waals surface area contributed by atoms with Crippen molar-refractivity contribution in [1.82, 2.24) is 15.1 Å². The largest absolute Gasteiger partial charge is 0.480 e. The lowest BCUT2D eigenvalue weighted by Crippen LogP contribution is -2.41. The quantitative estimate of drug-likeness (QED) is 0.792. The van der Waals surface area contributed by atoms with Crippen LogP contribution in [0.1, 0.15) is 35.9 Å². The lowest BCUT2D eigenvalue weighted by atomic mass is 10.1. The van der Waals surface area contributed by atoms with E-state index in [0.717, 1.165) is 5.69 Å². The Balaban J connectivity index is 2.77. The number of nitrogens with zero attached hydrogens (tertiary/aromatic N) is 2. The molecule has 0 aromatic carbocycles. The van der Waals surface area contributed by atoms with Gasteiger partial charge in [-0.15, -0.1) is 0 Å². The highest BCUT2D eigenvalue weighted by atomic mass is 16.4. The molecule has 0 saturated carbocycles. The highest BCUT2D eigenvalue weighted by Crippen LogP contribution is 2.04. The van der Waals surface area contributed by atoms with E-state index in [1.54, 1.807) is 20.0 Å². The summed E-state index contributed by atoms with van der Waals surface area (Å²) in [6, 6.07) is 0.780. The number of nitrogens with one attached hydrogen (secondary N) is 1. The number of hydrogen-bond donors (Lipinski definition) is 2. The Bertz CT molecular complexity index is 426. The molecule has 0 aliphatic heterocycles. The van der Waals surface area contributed by atoms with Crippen molar-refractivity contribution in [3.8, 4) is 0 Å². The average Bonchev–Trinajstić information content (AvgIpc) is 2.57. The number of carboxylic acid groups (broad SMARTS) is 1. The molecule has 1 aromatic heterocycles. The predicted molar refractivity (Wildman–Crippen MR) is 61.7 cm³/mol. The van der Waals surface area contributed by atoms with Crippen molar-refractivity contribution in [2.24, 2.45) is 7.05 Å². The van der Waals surface area contributed by atoms with Crippen LogP contribution in [0, 0.1) is 6.92 Å². The Kier molecular flexibility index (Phi) is 4.25. The second kappa shape index (κ2) is 5.47. The molecule has 0 spiro atoms. The summed E-state index contributed by atoms with van der Waals surface area (Å²) in [5, 5.41) is 15.5. The fraction of sp³-hybridized carbons (Fsp3) is 0.545. The summed E-state index contributed by atoms with van der Waals surface area (Å²) in [6.45, 7) is 3.65. The van der Waals surface area contributed by atoms with Gasteiger partial charge in [-0.2, -0.15) is 5.10 Å². The minimum absolute atomic E-state index is 0.366. The molecule has 0 saturated heterocycles. The van der Waals surface area contributed by atoms with Crippen LogP contribution in [0.3, 0.4) is 0 Å². The van der Waals surface area contributed by atoms with Gasteiger partial charge in [-0.05, 0) is 19.4 Å². The first kappa shape index (κ1) is 13.2. The van der Waals surface area contributed by atoms with Crippen LogP contribution in [-0.2, 0) is 11.8 Å². The highest BCUT2D eigenvalue weighted by Gasteiger charge is 2.21. The van der Waals surface area contributed by atoms with Gasteiger partial charge in [0, 0.05) is 7.05 Å². The van der Waals surface area contributed by atoms with Crippen molar-refractivity contribution in [2.45, 2.75) is 32.7 Å². The molecule has 1 heterocycles. The number of carboxylic acids is 1. The van der Waals surface area contributed by atoms with Crippen LogP contribution in [0.4, 0.5) is 0 Å². The normalized spacial score (nSPS) is 12.2. The van der Waals surface area contributed by atoms with E-state index in [0.29, 0.717) is 18.5 Å². The molecule has 1 atom stereocenters. The Hall–Kier alpha value is -1.85. The number of hydrogen-bond acceptors (Lipinski definition) is 3. The molecule has 0 bridgehead atoms.